The lowest BCUT2D eigenvalue weighted by molar-refractivity contribution is -0.145. The molecule has 2 amide bonds. The first kappa shape index (κ1) is 13.3. The third kappa shape index (κ3) is 2.83. The van der Waals surface area contributed by atoms with E-state index in [1.807, 2.05) is 7.05 Å². The third-order valence-electron chi connectivity index (χ3n) is 4.29. The van der Waals surface area contributed by atoms with E-state index >= 15 is 0 Å². The number of hydrogen-bond acceptors (Lipinski definition) is 3. The van der Waals surface area contributed by atoms with E-state index in [4.69, 9.17) is 5.73 Å². The molecule has 0 spiro atoms. The molecule has 2 aliphatic carbocycles. The molecule has 0 radical (unpaired) electrons. The standard InChI is InChI=1S/C13H23N3O2/c1-15(9-3-4-9)7-8-16(2)13(18)11-6-5-10(11)12(14)17/h9-11H,3-8H2,1-2H3,(H2,14,17)/t10-,11-/m1/s1. The van der Waals surface area contributed by atoms with E-state index in [1.54, 1.807) is 4.90 Å². The predicted molar refractivity (Wildman–Crippen MR) is 68.7 cm³/mol. The lowest BCUT2D eigenvalue weighted by atomic mass is 9.72. The Morgan fingerprint density at radius 2 is 1.67 bits per heavy atom. The van der Waals surface area contributed by atoms with E-state index in [1.165, 1.54) is 12.8 Å². The van der Waals surface area contributed by atoms with E-state index in [0.29, 0.717) is 0 Å². The average molecular weight is 253 g/mol. The topological polar surface area (TPSA) is 66.6 Å². The summed E-state index contributed by atoms with van der Waals surface area (Å²) in [5.74, 6) is -0.655. The fourth-order valence-corrected chi connectivity index (χ4v) is 2.54. The highest BCUT2D eigenvalue weighted by Crippen LogP contribution is 2.35. The summed E-state index contributed by atoms with van der Waals surface area (Å²) in [6, 6.07) is 0.718. The maximum atomic E-state index is 12.1. The van der Waals surface area contributed by atoms with Crippen LogP contribution in [0, 0.1) is 11.8 Å². The van der Waals surface area contributed by atoms with Crippen LogP contribution in [0.5, 0.6) is 0 Å². The van der Waals surface area contributed by atoms with Gasteiger partial charge in [0.2, 0.25) is 11.8 Å². The highest BCUT2D eigenvalue weighted by Gasteiger charge is 2.41. The highest BCUT2D eigenvalue weighted by atomic mass is 16.2. The molecule has 5 nitrogen and oxygen atoms in total. The summed E-state index contributed by atoms with van der Waals surface area (Å²) < 4.78 is 0. The van der Waals surface area contributed by atoms with Gasteiger partial charge in [-0.1, -0.05) is 0 Å². The number of nitrogens with two attached hydrogens (primary N) is 1. The lowest BCUT2D eigenvalue weighted by Gasteiger charge is -2.36. The number of nitrogens with zero attached hydrogens (tertiary/aromatic N) is 2. The van der Waals surface area contributed by atoms with E-state index < -0.39 is 0 Å². The zero-order valence-corrected chi connectivity index (χ0v) is 11.3. The van der Waals surface area contributed by atoms with Crippen molar-refractivity contribution in [2.24, 2.45) is 17.6 Å². The Morgan fingerprint density at radius 3 is 2.11 bits per heavy atom. The van der Waals surface area contributed by atoms with Gasteiger partial charge in [-0.3, -0.25) is 9.59 Å². The van der Waals surface area contributed by atoms with Crippen LogP contribution in [0.1, 0.15) is 25.7 Å². The quantitative estimate of drug-likeness (QED) is 0.727. The molecule has 18 heavy (non-hydrogen) atoms. The normalized spacial score (nSPS) is 26.8. The van der Waals surface area contributed by atoms with Gasteiger partial charge in [0, 0.05) is 38.0 Å². The van der Waals surface area contributed by atoms with Gasteiger partial charge in [-0.2, -0.15) is 0 Å². The van der Waals surface area contributed by atoms with E-state index in [-0.39, 0.29) is 23.7 Å². The van der Waals surface area contributed by atoms with Crippen LogP contribution in [0.25, 0.3) is 0 Å². The minimum absolute atomic E-state index is 0.0780. The van der Waals surface area contributed by atoms with Crippen molar-refractivity contribution in [1.29, 1.82) is 0 Å². The molecule has 0 aromatic heterocycles. The van der Waals surface area contributed by atoms with Crippen LogP contribution in [0.3, 0.4) is 0 Å². The number of primary amides is 1. The molecule has 0 unspecified atom stereocenters. The summed E-state index contributed by atoms with van der Waals surface area (Å²) >= 11 is 0. The number of likely N-dealkylation sites (N-methyl/N-ethyl adjacent to an activating group) is 2. The molecule has 2 fully saturated rings. The van der Waals surface area contributed by atoms with Crippen LogP contribution in [-0.4, -0.2) is 54.8 Å². The molecular formula is C13H23N3O2. The summed E-state index contributed by atoms with van der Waals surface area (Å²) in [7, 11) is 3.92. The first-order valence-electron chi connectivity index (χ1n) is 6.75. The third-order valence-corrected chi connectivity index (χ3v) is 4.29. The number of amides is 2. The number of carbonyl (C=O) groups is 2. The van der Waals surface area contributed by atoms with Crippen molar-refractivity contribution < 1.29 is 9.59 Å². The van der Waals surface area contributed by atoms with E-state index in [2.05, 4.69) is 11.9 Å². The Hall–Kier alpha value is -1.10. The van der Waals surface area contributed by atoms with Gasteiger partial charge in [-0.25, -0.2) is 0 Å². The number of carbonyl (C=O) groups excluding carboxylic acids is 2. The number of rotatable bonds is 6. The zero-order valence-electron chi connectivity index (χ0n) is 11.3. The van der Waals surface area contributed by atoms with Gasteiger partial charge in [0.15, 0.2) is 0 Å². The van der Waals surface area contributed by atoms with Crippen LogP contribution >= 0.6 is 0 Å². The molecule has 0 bridgehead atoms. The molecule has 0 aromatic rings. The van der Waals surface area contributed by atoms with E-state index in [0.717, 1.165) is 32.0 Å². The zero-order chi connectivity index (χ0) is 13.3. The molecule has 2 aliphatic rings. The Bertz CT molecular complexity index is 341. The Kier molecular flexibility index (Phi) is 3.90. The lowest BCUT2D eigenvalue weighted by Crippen LogP contribution is -2.48. The average Bonchev–Trinajstić information content (AvgIpc) is 3.06. The van der Waals surface area contributed by atoms with Crippen LogP contribution in [0.4, 0.5) is 0 Å². The van der Waals surface area contributed by atoms with Gasteiger partial charge in [-0.05, 0) is 32.7 Å². The van der Waals surface area contributed by atoms with Gasteiger partial charge < -0.3 is 15.5 Å². The molecular weight excluding hydrogens is 230 g/mol. The fraction of sp³-hybridized carbons (Fsp3) is 0.846. The molecule has 2 saturated carbocycles. The SMILES string of the molecule is CN(CCN(C)C1CC1)C(=O)[C@@H]1CC[C@H]1C(N)=O. The first-order chi connectivity index (χ1) is 8.50. The molecule has 0 aliphatic heterocycles. The van der Waals surface area contributed by atoms with Crippen molar-refractivity contribution in [2.45, 2.75) is 31.7 Å². The van der Waals surface area contributed by atoms with Gasteiger partial charge >= 0.3 is 0 Å². The van der Waals surface area contributed by atoms with Crippen molar-refractivity contribution in [1.82, 2.24) is 9.80 Å². The fourth-order valence-electron chi connectivity index (χ4n) is 2.54. The maximum absolute atomic E-state index is 12.1. The van der Waals surface area contributed by atoms with Gasteiger partial charge in [0.05, 0.1) is 0 Å². The molecule has 0 heterocycles. The van der Waals surface area contributed by atoms with Gasteiger partial charge in [0.25, 0.3) is 0 Å². The Balaban J connectivity index is 1.75. The second-order valence-corrected chi connectivity index (χ2v) is 5.66. The molecule has 0 saturated heterocycles. The van der Waals surface area contributed by atoms with Gasteiger partial charge in [-0.15, -0.1) is 0 Å². The highest BCUT2D eigenvalue weighted by molar-refractivity contribution is 5.88. The molecule has 102 valence electrons. The largest absolute Gasteiger partial charge is 0.369 e. The van der Waals surface area contributed by atoms with Crippen molar-refractivity contribution >= 4 is 11.8 Å². The molecule has 2 rings (SSSR count). The minimum Gasteiger partial charge on any atom is -0.369 e. The van der Waals surface area contributed by atoms with Crippen LogP contribution in [0.2, 0.25) is 0 Å². The number of hydrogen-bond donors (Lipinski definition) is 1. The molecule has 2 atom stereocenters. The summed E-state index contributed by atoms with van der Waals surface area (Å²) in [6.45, 7) is 1.63. The monoisotopic (exact) mass is 253 g/mol. The van der Waals surface area contributed by atoms with Crippen molar-refractivity contribution in [2.75, 3.05) is 27.2 Å². The Labute approximate surface area is 108 Å². The van der Waals surface area contributed by atoms with Crippen LogP contribution < -0.4 is 5.73 Å². The van der Waals surface area contributed by atoms with E-state index in [9.17, 15) is 9.59 Å². The molecule has 2 N–H and O–H groups in total. The summed E-state index contributed by atoms with van der Waals surface area (Å²) in [4.78, 5) is 27.3. The van der Waals surface area contributed by atoms with Crippen molar-refractivity contribution in [3.8, 4) is 0 Å². The van der Waals surface area contributed by atoms with Gasteiger partial charge in [0.1, 0.15) is 0 Å². The molecule has 0 aromatic carbocycles. The van der Waals surface area contributed by atoms with Crippen LogP contribution in [-0.2, 0) is 9.59 Å². The summed E-state index contributed by atoms with van der Waals surface area (Å²) in [5, 5.41) is 0. The second kappa shape index (κ2) is 5.26. The van der Waals surface area contributed by atoms with Crippen molar-refractivity contribution in [3.05, 3.63) is 0 Å². The predicted octanol–water partition coefficient (Wildman–Crippen LogP) is 0.0505. The van der Waals surface area contributed by atoms with Crippen LogP contribution in [0.15, 0.2) is 0 Å². The smallest absolute Gasteiger partial charge is 0.226 e. The summed E-state index contributed by atoms with van der Waals surface area (Å²) in [5.41, 5.74) is 5.28. The minimum atomic E-state index is -0.330. The second-order valence-electron chi connectivity index (χ2n) is 5.66. The maximum Gasteiger partial charge on any atom is 0.226 e. The Morgan fingerprint density at radius 1 is 1.06 bits per heavy atom. The first-order valence-corrected chi connectivity index (χ1v) is 6.75. The summed E-state index contributed by atoms with van der Waals surface area (Å²) in [6.07, 6.45) is 4.12. The van der Waals surface area contributed by atoms with Crippen molar-refractivity contribution in [3.63, 3.8) is 0 Å². The molecule has 5 heteroatoms.